The lowest BCUT2D eigenvalue weighted by atomic mass is 10.5. The van der Waals surface area contributed by atoms with Crippen LogP contribution in [0.4, 0.5) is 0 Å². The van der Waals surface area contributed by atoms with E-state index in [4.69, 9.17) is 40.9 Å². The van der Waals surface area contributed by atoms with Gasteiger partial charge in [0.2, 0.25) is 0 Å². The molecular weight excluding hydrogens is 271 g/mol. The van der Waals surface area contributed by atoms with Gasteiger partial charge >= 0.3 is 9.05 Å². The predicted octanol–water partition coefficient (Wildman–Crippen LogP) is 2.39. The maximum absolute atomic E-state index is 5.72. The molecule has 0 radical (unpaired) electrons. The van der Waals surface area contributed by atoms with E-state index >= 15 is 0 Å². The maximum atomic E-state index is 5.72. The van der Waals surface area contributed by atoms with Crippen molar-refractivity contribution < 1.29 is 17.7 Å². The van der Waals surface area contributed by atoms with Crippen molar-refractivity contribution >= 4 is 32.2 Å². The number of hydrogen-bond acceptors (Lipinski definition) is 4. The van der Waals surface area contributed by atoms with Crippen LogP contribution in [0.3, 0.4) is 0 Å². The normalized spacial score (nSPS) is 12.4. The van der Waals surface area contributed by atoms with Gasteiger partial charge in [0.25, 0.3) is 0 Å². The highest BCUT2D eigenvalue weighted by molar-refractivity contribution is 6.53. The standard InChI is InChI=1S/C9H20Cl2O4Si/c1-4-12-16(13-5-2,14-6-3)15-9(7-10)8-11/h9H,4-8H2,1-3H3. The smallest absolute Gasteiger partial charge is 0.351 e. The molecule has 0 heterocycles. The molecule has 0 N–H and O–H groups in total. The Kier molecular flexibility index (Phi) is 10.0. The SMILES string of the molecule is CCO[Si](OCC)(OCC)OC(CCl)CCl. The minimum Gasteiger partial charge on any atom is -0.351 e. The van der Waals surface area contributed by atoms with Gasteiger partial charge in [-0.2, -0.15) is 0 Å². The molecule has 0 rings (SSSR count). The van der Waals surface area contributed by atoms with E-state index in [9.17, 15) is 0 Å². The fourth-order valence-electron chi connectivity index (χ4n) is 1.07. The Morgan fingerprint density at radius 3 is 1.50 bits per heavy atom. The molecule has 4 nitrogen and oxygen atoms in total. The van der Waals surface area contributed by atoms with Crippen molar-refractivity contribution in [3.8, 4) is 0 Å². The van der Waals surface area contributed by atoms with E-state index in [2.05, 4.69) is 0 Å². The van der Waals surface area contributed by atoms with Crippen LogP contribution in [0.25, 0.3) is 0 Å². The van der Waals surface area contributed by atoms with Crippen LogP contribution in [0.15, 0.2) is 0 Å². The quantitative estimate of drug-likeness (QED) is 0.457. The van der Waals surface area contributed by atoms with Crippen LogP contribution in [0, 0.1) is 0 Å². The third kappa shape index (κ3) is 5.81. The van der Waals surface area contributed by atoms with Crippen molar-refractivity contribution in [3.05, 3.63) is 0 Å². The molecule has 0 aromatic carbocycles. The third-order valence-corrected chi connectivity index (χ3v) is 4.86. The molecule has 0 amide bonds. The average molecular weight is 291 g/mol. The van der Waals surface area contributed by atoms with Crippen molar-refractivity contribution in [1.29, 1.82) is 0 Å². The lowest BCUT2D eigenvalue weighted by Gasteiger charge is -2.29. The molecule has 0 atom stereocenters. The summed E-state index contributed by atoms with van der Waals surface area (Å²) in [5.74, 6) is 0.566. The predicted molar refractivity (Wildman–Crippen MR) is 66.9 cm³/mol. The van der Waals surface area contributed by atoms with Gasteiger partial charge in [0.1, 0.15) is 0 Å². The number of alkyl halides is 2. The number of halogens is 2. The molecule has 0 bridgehead atoms. The first kappa shape index (κ1) is 16.6. The van der Waals surface area contributed by atoms with Crippen molar-refractivity contribution in [1.82, 2.24) is 0 Å². The van der Waals surface area contributed by atoms with Gasteiger partial charge in [-0.1, -0.05) is 0 Å². The molecule has 0 aromatic heterocycles. The van der Waals surface area contributed by atoms with E-state index in [1.54, 1.807) is 0 Å². The zero-order chi connectivity index (χ0) is 12.4. The molecule has 0 saturated heterocycles. The van der Waals surface area contributed by atoms with E-state index in [1.165, 1.54) is 0 Å². The largest absolute Gasteiger partial charge is 0.680 e. The Hall–Kier alpha value is 0.637. The van der Waals surface area contributed by atoms with E-state index in [0.717, 1.165) is 0 Å². The van der Waals surface area contributed by atoms with Gasteiger partial charge in [-0.25, -0.2) is 0 Å². The lowest BCUT2D eigenvalue weighted by molar-refractivity contribution is -0.0413. The Morgan fingerprint density at radius 2 is 1.25 bits per heavy atom. The molecule has 0 aliphatic rings. The second kappa shape index (κ2) is 9.64. The number of hydrogen-bond donors (Lipinski definition) is 0. The van der Waals surface area contributed by atoms with Gasteiger partial charge in [-0.15, -0.1) is 23.2 Å². The van der Waals surface area contributed by atoms with Crippen LogP contribution < -0.4 is 0 Å². The monoisotopic (exact) mass is 290 g/mol. The summed E-state index contributed by atoms with van der Waals surface area (Å²) in [5.41, 5.74) is 0. The van der Waals surface area contributed by atoms with E-state index in [0.29, 0.717) is 19.8 Å². The first-order valence-electron chi connectivity index (χ1n) is 5.39. The molecule has 0 fully saturated rings. The molecule has 0 saturated carbocycles. The molecular formula is C9H20Cl2O4Si. The summed E-state index contributed by atoms with van der Waals surface area (Å²) in [7, 11) is -3.07. The summed E-state index contributed by atoms with van der Waals surface area (Å²) >= 11 is 11.4. The van der Waals surface area contributed by atoms with Crippen LogP contribution in [0.1, 0.15) is 20.8 Å². The summed E-state index contributed by atoms with van der Waals surface area (Å²) in [6.07, 6.45) is -0.320. The highest BCUT2D eigenvalue weighted by atomic mass is 35.5. The number of rotatable bonds is 10. The third-order valence-electron chi connectivity index (χ3n) is 1.62. The minimum absolute atomic E-state index is 0.283. The van der Waals surface area contributed by atoms with Crippen molar-refractivity contribution in [2.45, 2.75) is 26.9 Å². The topological polar surface area (TPSA) is 36.9 Å². The second-order valence-electron chi connectivity index (χ2n) is 2.85. The van der Waals surface area contributed by atoms with Crippen LogP contribution in [-0.2, 0) is 17.7 Å². The Morgan fingerprint density at radius 1 is 0.875 bits per heavy atom. The van der Waals surface area contributed by atoms with E-state index in [1.807, 2.05) is 20.8 Å². The molecule has 0 aliphatic carbocycles. The lowest BCUT2D eigenvalue weighted by Crippen LogP contribution is -2.52. The van der Waals surface area contributed by atoms with Gasteiger partial charge in [0.15, 0.2) is 0 Å². The minimum atomic E-state index is -3.07. The summed E-state index contributed by atoms with van der Waals surface area (Å²) in [5, 5.41) is 0. The Labute approximate surface area is 109 Å². The molecule has 98 valence electrons. The molecule has 7 heteroatoms. The second-order valence-corrected chi connectivity index (χ2v) is 5.57. The van der Waals surface area contributed by atoms with Gasteiger partial charge in [-0.05, 0) is 20.8 Å². The molecule has 16 heavy (non-hydrogen) atoms. The van der Waals surface area contributed by atoms with Crippen molar-refractivity contribution in [2.75, 3.05) is 31.6 Å². The van der Waals surface area contributed by atoms with Crippen molar-refractivity contribution in [2.24, 2.45) is 0 Å². The van der Waals surface area contributed by atoms with E-state index < -0.39 is 9.05 Å². The molecule has 0 unspecified atom stereocenters. The van der Waals surface area contributed by atoms with Crippen molar-refractivity contribution in [3.63, 3.8) is 0 Å². The van der Waals surface area contributed by atoms with Crippen LogP contribution in [-0.4, -0.2) is 46.7 Å². The zero-order valence-corrected chi connectivity index (χ0v) is 12.5. The Balaban J connectivity index is 4.56. The first-order chi connectivity index (χ1) is 7.67. The Bertz CT molecular complexity index is 153. The summed E-state index contributed by atoms with van der Waals surface area (Å²) < 4.78 is 22.2. The summed E-state index contributed by atoms with van der Waals surface area (Å²) in [4.78, 5) is 0. The van der Waals surface area contributed by atoms with E-state index in [-0.39, 0.29) is 17.9 Å². The fraction of sp³-hybridized carbons (Fsp3) is 1.00. The average Bonchev–Trinajstić information content (AvgIpc) is 2.27. The van der Waals surface area contributed by atoms with Crippen LogP contribution in [0.2, 0.25) is 0 Å². The van der Waals surface area contributed by atoms with Gasteiger partial charge < -0.3 is 17.7 Å². The molecule has 0 spiro atoms. The zero-order valence-electron chi connectivity index (χ0n) is 10.0. The van der Waals surface area contributed by atoms with Crippen LogP contribution >= 0.6 is 23.2 Å². The van der Waals surface area contributed by atoms with Crippen LogP contribution in [0.5, 0.6) is 0 Å². The highest BCUT2D eigenvalue weighted by Crippen LogP contribution is 2.16. The maximum Gasteiger partial charge on any atom is 0.680 e. The van der Waals surface area contributed by atoms with Gasteiger partial charge in [-0.3, -0.25) is 0 Å². The fourth-order valence-corrected chi connectivity index (χ4v) is 3.82. The summed E-state index contributed by atoms with van der Waals surface area (Å²) in [6.45, 7) is 6.97. The van der Waals surface area contributed by atoms with Gasteiger partial charge in [0, 0.05) is 31.6 Å². The molecule has 0 aliphatic heterocycles. The van der Waals surface area contributed by atoms with Gasteiger partial charge in [0.05, 0.1) is 6.10 Å². The summed E-state index contributed by atoms with van der Waals surface area (Å²) in [6, 6.07) is 0. The molecule has 0 aromatic rings. The highest BCUT2D eigenvalue weighted by Gasteiger charge is 2.46. The first-order valence-corrected chi connectivity index (χ1v) is 8.09.